The summed E-state index contributed by atoms with van der Waals surface area (Å²) in [6, 6.07) is 3.65. The first-order valence-electron chi connectivity index (χ1n) is 5.50. The molecule has 0 aliphatic carbocycles. The van der Waals surface area contributed by atoms with E-state index in [2.05, 4.69) is 22.6 Å². The van der Waals surface area contributed by atoms with E-state index in [9.17, 15) is 8.42 Å². The van der Waals surface area contributed by atoms with Gasteiger partial charge in [-0.15, -0.1) is 0 Å². The SMILES string of the molecule is CC(C)c1cc(S(N)(=O)=O)c(C(C)C)cc1I. The van der Waals surface area contributed by atoms with Crippen molar-refractivity contribution in [1.82, 2.24) is 0 Å². The molecule has 3 nitrogen and oxygen atoms in total. The van der Waals surface area contributed by atoms with Crippen LogP contribution in [0.4, 0.5) is 0 Å². The molecule has 0 unspecified atom stereocenters. The second-order valence-electron chi connectivity index (χ2n) is 4.77. The molecule has 2 N–H and O–H groups in total. The van der Waals surface area contributed by atoms with Gasteiger partial charge in [-0.25, -0.2) is 13.6 Å². The second kappa shape index (κ2) is 5.24. The zero-order valence-corrected chi connectivity index (χ0v) is 13.5. The van der Waals surface area contributed by atoms with Gasteiger partial charge >= 0.3 is 0 Å². The Balaban J connectivity index is 3.60. The van der Waals surface area contributed by atoms with Crippen LogP contribution >= 0.6 is 22.6 Å². The fourth-order valence-electron chi connectivity index (χ4n) is 1.72. The van der Waals surface area contributed by atoms with Crippen molar-refractivity contribution in [3.8, 4) is 0 Å². The Hall–Kier alpha value is -0.140. The fraction of sp³-hybridized carbons (Fsp3) is 0.500. The molecular weight excluding hydrogens is 349 g/mol. The second-order valence-corrected chi connectivity index (χ2v) is 7.46. The first kappa shape index (κ1) is 14.9. The molecule has 0 aromatic heterocycles. The Morgan fingerprint density at radius 2 is 1.53 bits per heavy atom. The quantitative estimate of drug-likeness (QED) is 0.835. The van der Waals surface area contributed by atoms with Crippen LogP contribution in [0.15, 0.2) is 17.0 Å². The highest BCUT2D eigenvalue weighted by atomic mass is 127. The number of hydrogen-bond acceptors (Lipinski definition) is 2. The molecule has 0 spiro atoms. The summed E-state index contributed by atoms with van der Waals surface area (Å²) in [4.78, 5) is 0.261. The van der Waals surface area contributed by atoms with Gasteiger partial charge < -0.3 is 0 Å². The minimum atomic E-state index is -3.65. The van der Waals surface area contributed by atoms with Gasteiger partial charge in [0.05, 0.1) is 4.90 Å². The molecule has 1 aromatic carbocycles. The van der Waals surface area contributed by atoms with E-state index in [1.807, 2.05) is 33.8 Å². The maximum Gasteiger partial charge on any atom is 0.238 e. The van der Waals surface area contributed by atoms with Gasteiger partial charge in [-0.3, -0.25) is 0 Å². The average molecular weight is 367 g/mol. The highest BCUT2D eigenvalue weighted by Crippen LogP contribution is 2.30. The minimum absolute atomic E-state index is 0.137. The molecule has 0 radical (unpaired) electrons. The first-order chi connectivity index (χ1) is 7.64. The molecule has 96 valence electrons. The summed E-state index contributed by atoms with van der Waals surface area (Å²) >= 11 is 2.24. The van der Waals surface area contributed by atoms with Crippen LogP contribution in [0.25, 0.3) is 0 Å². The number of rotatable bonds is 3. The van der Waals surface area contributed by atoms with E-state index in [0.717, 1.165) is 14.7 Å². The maximum atomic E-state index is 11.6. The summed E-state index contributed by atoms with van der Waals surface area (Å²) in [5.41, 5.74) is 1.82. The van der Waals surface area contributed by atoms with Crippen LogP contribution in [-0.2, 0) is 10.0 Å². The summed E-state index contributed by atoms with van der Waals surface area (Å²) in [6.07, 6.45) is 0. The lowest BCUT2D eigenvalue weighted by Gasteiger charge is -2.16. The van der Waals surface area contributed by atoms with Gasteiger partial charge in [-0.05, 0) is 57.7 Å². The molecule has 0 saturated heterocycles. The third kappa shape index (κ3) is 3.42. The monoisotopic (exact) mass is 367 g/mol. The van der Waals surface area contributed by atoms with E-state index in [1.54, 1.807) is 6.07 Å². The van der Waals surface area contributed by atoms with Crippen LogP contribution in [0.5, 0.6) is 0 Å². The lowest BCUT2D eigenvalue weighted by atomic mass is 9.97. The molecular formula is C12H18INO2S. The maximum absolute atomic E-state index is 11.6. The largest absolute Gasteiger partial charge is 0.238 e. The Bertz CT molecular complexity index is 522. The normalized spacial score (nSPS) is 12.5. The highest BCUT2D eigenvalue weighted by Gasteiger charge is 2.19. The molecule has 0 fully saturated rings. The number of nitrogens with two attached hydrogens (primary N) is 1. The predicted octanol–water partition coefficient (Wildman–Crippen LogP) is 3.19. The number of halogens is 1. The van der Waals surface area contributed by atoms with Crippen molar-refractivity contribution in [3.63, 3.8) is 0 Å². The van der Waals surface area contributed by atoms with Crippen molar-refractivity contribution in [2.45, 2.75) is 44.4 Å². The van der Waals surface area contributed by atoms with Crippen molar-refractivity contribution < 1.29 is 8.42 Å². The molecule has 1 aromatic rings. The number of sulfonamides is 1. The van der Waals surface area contributed by atoms with Gasteiger partial charge in [0.2, 0.25) is 10.0 Å². The third-order valence-corrected chi connectivity index (χ3v) is 4.58. The molecule has 0 heterocycles. The lowest BCUT2D eigenvalue weighted by molar-refractivity contribution is 0.595. The lowest BCUT2D eigenvalue weighted by Crippen LogP contribution is -2.16. The molecule has 17 heavy (non-hydrogen) atoms. The van der Waals surface area contributed by atoms with Crippen LogP contribution in [0.3, 0.4) is 0 Å². The number of primary sulfonamides is 1. The summed E-state index contributed by atoms with van der Waals surface area (Å²) in [6.45, 7) is 8.02. The van der Waals surface area contributed by atoms with Gasteiger partial charge in [0.15, 0.2) is 0 Å². The zero-order chi connectivity index (χ0) is 13.4. The molecule has 1 rings (SSSR count). The molecule has 0 aliphatic rings. The molecule has 0 aliphatic heterocycles. The number of hydrogen-bond donors (Lipinski definition) is 1. The predicted molar refractivity (Wildman–Crippen MR) is 78.7 cm³/mol. The van der Waals surface area contributed by atoms with Crippen molar-refractivity contribution in [1.29, 1.82) is 0 Å². The standard InChI is InChI=1S/C12H18INO2S/c1-7(2)9-6-12(17(14,15)16)10(8(3)4)5-11(9)13/h5-8H,1-4H3,(H2,14,15,16). The third-order valence-electron chi connectivity index (χ3n) is 2.68. The topological polar surface area (TPSA) is 60.2 Å². The zero-order valence-electron chi connectivity index (χ0n) is 10.5. The Kier molecular flexibility index (Phi) is 4.60. The summed E-state index contributed by atoms with van der Waals surface area (Å²) < 4.78 is 24.3. The van der Waals surface area contributed by atoms with Gasteiger partial charge in [0.1, 0.15) is 0 Å². The Morgan fingerprint density at radius 1 is 1.06 bits per heavy atom. The van der Waals surface area contributed by atoms with Gasteiger partial charge in [0.25, 0.3) is 0 Å². The van der Waals surface area contributed by atoms with Crippen molar-refractivity contribution in [2.75, 3.05) is 0 Å². The van der Waals surface area contributed by atoms with Crippen molar-refractivity contribution in [2.24, 2.45) is 5.14 Å². The minimum Gasteiger partial charge on any atom is -0.225 e. The molecule has 0 atom stereocenters. The first-order valence-corrected chi connectivity index (χ1v) is 8.13. The van der Waals surface area contributed by atoms with Crippen LogP contribution in [0.1, 0.15) is 50.7 Å². The van der Waals surface area contributed by atoms with E-state index in [0.29, 0.717) is 0 Å². The summed E-state index contributed by atoms with van der Waals surface area (Å²) in [5, 5.41) is 5.28. The smallest absolute Gasteiger partial charge is 0.225 e. The van der Waals surface area contributed by atoms with Crippen molar-refractivity contribution in [3.05, 3.63) is 26.8 Å². The van der Waals surface area contributed by atoms with E-state index < -0.39 is 10.0 Å². The average Bonchev–Trinajstić information content (AvgIpc) is 2.14. The van der Waals surface area contributed by atoms with Gasteiger partial charge in [0, 0.05) is 3.57 Å². The van der Waals surface area contributed by atoms with Gasteiger partial charge in [-0.1, -0.05) is 27.7 Å². The van der Waals surface area contributed by atoms with E-state index in [1.165, 1.54) is 0 Å². The van der Waals surface area contributed by atoms with Crippen LogP contribution in [0, 0.1) is 3.57 Å². The van der Waals surface area contributed by atoms with E-state index in [-0.39, 0.29) is 16.7 Å². The Morgan fingerprint density at radius 3 is 1.88 bits per heavy atom. The Labute approximate surface area is 117 Å². The van der Waals surface area contributed by atoms with E-state index >= 15 is 0 Å². The fourth-order valence-corrected chi connectivity index (χ4v) is 3.75. The molecule has 0 saturated carbocycles. The van der Waals surface area contributed by atoms with Crippen LogP contribution in [-0.4, -0.2) is 8.42 Å². The van der Waals surface area contributed by atoms with E-state index in [4.69, 9.17) is 5.14 Å². The number of benzene rings is 1. The summed E-state index contributed by atoms with van der Waals surface area (Å²) in [5.74, 6) is 0.418. The molecule has 0 amide bonds. The van der Waals surface area contributed by atoms with Crippen LogP contribution in [0.2, 0.25) is 0 Å². The molecule has 0 bridgehead atoms. The van der Waals surface area contributed by atoms with Crippen molar-refractivity contribution >= 4 is 32.6 Å². The molecule has 5 heteroatoms. The summed E-state index contributed by atoms with van der Waals surface area (Å²) in [7, 11) is -3.65. The highest BCUT2D eigenvalue weighted by molar-refractivity contribution is 14.1. The van der Waals surface area contributed by atoms with Gasteiger partial charge in [-0.2, -0.15) is 0 Å². The van der Waals surface area contributed by atoms with Crippen LogP contribution < -0.4 is 5.14 Å².